The molecule has 0 radical (unpaired) electrons. The van der Waals surface area contributed by atoms with Crippen molar-refractivity contribution in [3.8, 4) is 5.75 Å². The molecule has 7 nitrogen and oxygen atoms in total. The molecule has 0 aliphatic carbocycles. The Bertz CT molecular complexity index is 547. The zero-order valence-electron chi connectivity index (χ0n) is 13.6. The summed E-state index contributed by atoms with van der Waals surface area (Å²) in [4.78, 5) is 18.3. The summed E-state index contributed by atoms with van der Waals surface area (Å²) in [6.07, 6.45) is 1.27. The van der Waals surface area contributed by atoms with Crippen LogP contribution in [0.4, 0.5) is 10.5 Å². The summed E-state index contributed by atoms with van der Waals surface area (Å²) in [5.41, 5.74) is 0.729. The van der Waals surface area contributed by atoms with E-state index < -0.39 is 6.09 Å². The van der Waals surface area contributed by atoms with Crippen molar-refractivity contribution in [2.75, 3.05) is 47.4 Å². The molecular formula is C15H22N4O3S. The van der Waals surface area contributed by atoms with Crippen molar-refractivity contribution in [3.05, 3.63) is 24.3 Å². The van der Waals surface area contributed by atoms with Crippen LogP contribution in [-0.4, -0.2) is 73.4 Å². The van der Waals surface area contributed by atoms with E-state index in [2.05, 4.69) is 9.30 Å². The molecule has 1 aliphatic rings. The van der Waals surface area contributed by atoms with Gasteiger partial charge in [-0.25, -0.2) is 18.4 Å². The van der Waals surface area contributed by atoms with Gasteiger partial charge in [-0.15, -0.1) is 0 Å². The maximum absolute atomic E-state index is 12.1. The molecule has 0 N–H and O–H groups in total. The Morgan fingerprint density at radius 2 is 2.09 bits per heavy atom. The lowest BCUT2D eigenvalue weighted by Gasteiger charge is -2.28. The highest BCUT2D eigenvalue weighted by Crippen LogP contribution is 2.22. The molecule has 0 saturated carbocycles. The van der Waals surface area contributed by atoms with Crippen LogP contribution in [-0.2, 0) is 4.74 Å². The summed E-state index contributed by atoms with van der Waals surface area (Å²) < 4.78 is 14.2. The molecule has 1 aliphatic heterocycles. The Morgan fingerprint density at radius 1 is 1.35 bits per heavy atom. The van der Waals surface area contributed by atoms with Gasteiger partial charge in [-0.1, -0.05) is 6.07 Å². The third-order valence-electron chi connectivity index (χ3n) is 2.93. The largest absolute Gasteiger partial charge is 0.426 e. The van der Waals surface area contributed by atoms with Crippen LogP contribution in [0.15, 0.2) is 29.3 Å². The molecule has 0 unspecified atom stereocenters. The van der Waals surface area contributed by atoms with Crippen molar-refractivity contribution in [2.24, 2.45) is 4.99 Å². The highest BCUT2D eigenvalue weighted by molar-refractivity contribution is 7.95. The van der Waals surface area contributed by atoms with E-state index >= 15 is 0 Å². The van der Waals surface area contributed by atoms with Gasteiger partial charge in [0.1, 0.15) is 5.75 Å². The molecule has 1 fully saturated rings. The SMILES string of the molecule is CN(C)C=Nc1cccc(OC(=O)N(C)SN2CCOCC2)c1. The van der Waals surface area contributed by atoms with E-state index in [4.69, 9.17) is 9.47 Å². The Balaban J connectivity index is 1.89. The first kappa shape index (κ1) is 17.6. The highest BCUT2D eigenvalue weighted by Gasteiger charge is 2.18. The molecule has 0 aromatic heterocycles. The lowest BCUT2D eigenvalue weighted by atomic mass is 10.3. The topological polar surface area (TPSA) is 57.6 Å². The average molecular weight is 338 g/mol. The molecule has 0 atom stereocenters. The molecule has 1 heterocycles. The summed E-state index contributed by atoms with van der Waals surface area (Å²) in [5.74, 6) is 0.470. The first-order chi connectivity index (χ1) is 11.0. The van der Waals surface area contributed by atoms with E-state index in [1.165, 1.54) is 16.4 Å². The lowest BCUT2D eigenvalue weighted by molar-refractivity contribution is 0.0759. The summed E-state index contributed by atoms with van der Waals surface area (Å²) in [7, 11) is 5.48. The van der Waals surface area contributed by atoms with Crippen molar-refractivity contribution in [1.82, 2.24) is 13.5 Å². The molecule has 2 rings (SSSR count). The molecule has 126 valence electrons. The van der Waals surface area contributed by atoms with Gasteiger partial charge >= 0.3 is 6.09 Å². The van der Waals surface area contributed by atoms with Crippen molar-refractivity contribution in [3.63, 3.8) is 0 Å². The van der Waals surface area contributed by atoms with E-state index in [9.17, 15) is 4.79 Å². The number of carbonyl (C=O) groups is 1. The standard InChI is InChI=1S/C15H22N4O3S/c1-17(2)12-16-13-5-4-6-14(11-13)22-15(20)18(3)23-19-7-9-21-10-8-19/h4-6,11-12H,7-10H2,1-3H3. The zero-order chi connectivity index (χ0) is 16.7. The number of nitrogens with zero attached hydrogens (tertiary/aromatic N) is 4. The van der Waals surface area contributed by atoms with Gasteiger partial charge in [-0.05, 0) is 12.1 Å². The van der Waals surface area contributed by atoms with Gasteiger partial charge in [0.15, 0.2) is 0 Å². The van der Waals surface area contributed by atoms with Crippen molar-refractivity contribution in [2.45, 2.75) is 0 Å². The predicted molar refractivity (Wildman–Crippen MR) is 92.1 cm³/mol. The van der Waals surface area contributed by atoms with Crippen LogP contribution in [0.3, 0.4) is 0 Å². The van der Waals surface area contributed by atoms with Gasteiger partial charge < -0.3 is 14.4 Å². The predicted octanol–water partition coefficient (Wildman–Crippen LogP) is 2.23. The van der Waals surface area contributed by atoms with Gasteiger partial charge in [-0.3, -0.25) is 0 Å². The maximum atomic E-state index is 12.1. The summed E-state index contributed by atoms with van der Waals surface area (Å²) in [5, 5.41) is 0. The fourth-order valence-corrected chi connectivity index (χ4v) is 2.57. The number of hydrogen-bond donors (Lipinski definition) is 0. The Hall–Kier alpha value is -1.77. The van der Waals surface area contributed by atoms with E-state index in [0.717, 1.165) is 18.8 Å². The minimum absolute atomic E-state index is 0.421. The molecule has 0 spiro atoms. The number of hydrogen-bond acceptors (Lipinski definition) is 6. The van der Waals surface area contributed by atoms with E-state index in [1.54, 1.807) is 31.6 Å². The highest BCUT2D eigenvalue weighted by atomic mass is 32.2. The average Bonchev–Trinajstić information content (AvgIpc) is 2.54. The molecular weight excluding hydrogens is 316 g/mol. The fraction of sp³-hybridized carbons (Fsp3) is 0.467. The van der Waals surface area contributed by atoms with Crippen LogP contribution in [0, 0.1) is 0 Å². The minimum atomic E-state index is -0.421. The van der Waals surface area contributed by atoms with Crippen LogP contribution >= 0.6 is 12.1 Å². The van der Waals surface area contributed by atoms with Crippen LogP contribution < -0.4 is 4.74 Å². The van der Waals surface area contributed by atoms with Gasteiger partial charge in [-0.2, -0.15) is 0 Å². The number of carbonyl (C=O) groups excluding carboxylic acids is 1. The summed E-state index contributed by atoms with van der Waals surface area (Å²) >= 11 is 1.34. The van der Waals surface area contributed by atoms with Crippen LogP contribution in [0.25, 0.3) is 0 Å². The lowest BCUT2D eigenvalue weighted by Crippen LogP contribution is -2.36. The monoisotopic (exact) mass is 338 g/mol. The molecule has 0 bridgehead atoms. The first-order valence-corrected chi connectivity index (χ1v) is 8.04. The molecule has 8 heteroatoms. The summed E-state index contributed by atoms with van der Waals surface area (Å²) in [6, 6.07) is 7.12. The van der Waals surface area contributed by atoms with Gasteiger partial charge in [0, 0.05) is 52.4 Å². The number of aliphatic imine (C=N–C) groups is 1. The van der Waals surface area contributed by atoms with Crippen LogP contribution in [0.2, 0.25) is 0 Å². The Kier molecular flexibility index (Phi) is 6.69. The van der Waals surface area contributed by atoms with E-state index in [1.807, 2.05) is 25.1 Å². The first-order valence-electron chi connectivity index (χ1n) is 7.31. The second-order valence-corrected chi connectivity index (χ2v) is 6.42. The van der Waals surface area contributed by atoms with Gasteiger partial charge in [0.25, 0.3) is 0 Å². The zero-order valence-corrected chi connectivity index (χ0v) is 14.5. The Morgan fingerprint density at radius 3 is 2.78 bits per heavy atom. The van der Waals surface area contributed by atoms with Crippen molar-refractivity contribution in [1.29, 1.82) is 0 Å². The molecule has 1 saturated heterocycles. The van der Waals surface area contributed by atoms with E-state index in [-0.39, 0.29) is 0 Å². The number of morpholine rings is 1. The second-order valence-electron chi connectivity index (χ2n) is 5.19. The molecule has 1 aromatic rings. The number of ether oxygens (including phenoxy) is 2. The van der Waals surface area contributed by atoms with Crippen LogP contribution in [0.1, 0.15) is 0 Å². The van der Waals surface area contributed by atoms with Crippen molar-refractivity contribution < 1.29 is 14.3 Å². The molecule has 1 aromatic carbocycles. The quantitative estimate of drug-likeness (QED) is 0.466. The van der Waals surface area contributed by atoms with Crippen molar-refractivity contribution >= 4 is 30.3 Å². The second kappa shape index (κ2) is 8.76. The third kappa shape index (κ3) is 6.09. The summed E-state index contributed by atoms with van der Waals surface area (Å²) in [6.45, 7) is 2.94. The fourth-order valence-electron chi connectivity index (χ4n) is 1.81. The minimum Gasteiger partial charge on any atom is -0.409 e. The van der Waals surface area contributed by atoms with Crippen LogP contribution in [0.5, 0.6) is 5.75 Å². The number of amides is 1. The van der Waals surface area contributed by atoms with Gasteiger partial charge in [0.2, 0.25) is 0 Å². The molecule has 1 amide bonds. The maximum Gasteiger partial charge on any atom is 0.426 e. The van der Waals surface area contributed by atoms with Gasteiger partial charge in [0.05, 0.1) is 25.2 Å². The molecule has 23 heavy (non-hydrogen) atoms. The number of rotatable bonds is 5. The number of benzene rings is 1. The normalized spacial score (nSPS) is 15.6. The van der Waals surface area contributed by atoms with E-state index in [0.29, 0.717) is 19.0 Å². The Labute approximate surface area is 141 Å². The third-order valence-corrected chi connectivity index (χ3v) is 3.92. The smallest absolute Gasteiger partial charge is 0.409 e.